The minimum atomic E-state index is -0.507. The number of rotatable bonds is 2. The van der Waals surface area contributed by atoms with Gasteiger partial charge in [0.15, 0.2) is 0 Å². The molecule has 0 radical (unpaired) electrons. The first-order valence-electron chi connectivity index (χ1n) is 9.56. The van der Waals surface area contributed by atoms with Crippen LogP contribution in [0.15, 0.2) is 31.9 Å². The summed E-state index contributed by atoms with van der Waals surface area (Å²) in [5.41, 5.74) is 0.523. The number of benzene rings is 1. The molecule has 0 spiro atoms. The van der Waals surface area contributed by atoms with Gasteiger partial charge in [0, 0.05) is 29.0 Å². The highest BCUT2D eigenvalue weighted by molar-refractivity contribution is 9.10. The number of likely N-dealkylation sites (tertiary alicyclic amines) is 1. The van der Waals surface area contributed by atoms with Crippen LogP contribution in [0, 0.1) is 0 Å². The van der Waals surface area contributed by atoms with Crippen LogP contribution in [0.1, 0.15) is 33.6 Å². The average molecular weight is 463 g/mol. The zero-order valence-electron chi connectivity index (χ0n) is 16.5. The molecule has 1 fully saturated rings. The van der Waals surface area contributed by atoms with E-state index in [4.69, 9.17) is 9.15 Å². The molecule has 1 amide bonds. The number of aromatic nitrogens is 2. The highest BCUT2D eigenvalue weighted by Gasteiger charge is 2.27. The van der Waals surface area contributed by atoms with Crippen LogP contribution in [0.5, 0.6) is 0 Å². The van der Waals surface area contributed by atoms with Gasteiger partial charge in [-0.1, -0.05) is 15.9 Å². The van der Waals surface area contributed by atoms with Crippen molar-refractivity contribution in [2.75, 3.05) is 18.4 Å². The number of carbonyl (C=O) groups excluding carboxylic acids is 1. The third-order valence-corrected chi connectivity index (χ3v) is 5.27. The van der Waals surface area contributed by atoms with Crippen LogP contribution in [0.25, 0.3) is 22.1 Å². The second kappa shape index (κ2) is 7.37. The maximum Gasteiger partial charge on any atom is 0.410 e. The standard InChI is InChI=1S/C20H23BrN4O4/c1-20(2,3)29-19(27)25-8-6-12(7-9-25)22-18-23-15-13-10-11(21)4-5-14(13)28-16(15)17(26)24-18/h4-5,10,12H,6-9H2,1-3H3,(H2,22,23,24,26). The molecule has 3 aromatic rings. The number of aromatic amines is 1. The molecule has 1 aromatic carbocycles. The minimum Gasteiger partial charge on any atom is -0.449 e. The number of anilines is 1. The van der Waals surface area contributed by atoms with Crippen LogP contribution in [-0.4, -0.2) is 45.7 Å². The molecule has 1 aliphatic rings. The molecule has 8 nitrogen and oxygen atoms in total. The molecule has 4 rings (SSSR count). The van der Waals surface area contributed by atoms with E-state index in [1.165, 1.54) is 0 Å². The Morgan fingerprint density at radius 2 is 2.07 bits per heavy atom. The van der Waals surface area contributed by atoms with Gasteiger partial charge in [0.05, 0.1) is 0 Å². The Hall–Kier alpha value is -2.55. The van der Waals surface area contributed by atoms with E-state index in [0.29, 0.717) is 30.1 Å². The summed E-state index contributed by atoms with van der Waals surface area (Å²) in [6.45, 7) is 6.74. The maximum absolute atomic E-state index is 12.5. The van der Waals surface area contributed by atoms with Crippen molar-refractivity contribution in [3.8, 4) is 0 Å². The van der Waals surface area contributed by atoms with Crippen molar-refractivity contribution in [3.05, 3.63) is 33.0 Å². The van der Waals surface area contributed by atoms with E-state index < -0.39 is 5.60 Å². The molecule has 29 heavy (non-hydrogen) atoms. The second-order valence-corrected chi connectivity index (χ2v) is 9.14. The third-order valence-electron chi connectivity index (χ3n) is 4.77. The number of H-pyrrole nitrogens is 1. The molecule has 9 heteroatoms. The number of piperidine rings is 1. The third kappa shape index (κ3) is 4.24. The van der Waals surface area contributed by atoms with Gasteiger partial charge < -0.3 is 19.4 Å². The fourth-order valence-electron chi connectivity index (χ4n) is 3.42. The van der Waals surface area contributed by atoms with Crippen molar-refractivity contribution in [1.29, 1.82) is 0 Å². The van der Waals surface area contributed by atoms with Gasteiger partial charge in [0.1, 0.15) is 16.7 Å². The topological polar surface area (TPSA) is 100 Å². The number of carbonyl (C=O) groups is 1. The van der Waals surface area contributed by atoms with Crippen LogP contribution < -0.4 is 10.9 Å². The fraction of sp³-hybridized carbons (Fsp3) is 0.450. The number of ether oxygens (including phenoxy) is 1. The smallest absolute Gasteiger partial charge is 0.410 e. The Kier molecular flexibility index (Phi) is 5.02. The van der Waals surface area contributed by atoms with E-state index in [1.807, 2.05) is 32.9 Å². The molecular formula is C20H23BrN4O4. The van der Waals surface area contributed by atoms with Gasteiger partial charge in [0.2, 0.25) is 11.5 Å². The maximum atomic E-state index is 12.5. The SMILES string of the molecule is CC(C)(C)OC(=O)N1CCC(Nc2nc3c(oc4ccc(Br)cc43)c(=O)[nH]2)CC1. The van der Waals surface area contributed by atoms with Gasteiger partial charge in [-0.2, -0.15) is 0 Å². The molecule has 0 saturated carbocycles. The van der Waals surface area contributed by atoms with Crippen LogP contribution in [-0.2, 0) is 4.74 Å². The van der Waals surface area contributed by atoms with E-state index >= 15 is 0 Å². The van der Waals surface area contributed by atoms with E-state index in [1.54, 1.807) is 11.0 Å². The summed E-state index contributed by atoms with van der Waals surface area (Å²) in [5, 5.41) is 4.07. The summed E-state index contributed by atoms with van der Waals surface area (Å²) in [5.74, 6) is 0.404. The predicted molar refractivity (Wildman–Crippen MR) is 114 cm³/mol. The van der Waals surface area contributed by atoms with E-state index in [2.05, 4.69) is 31.2 Å². The molecule has 1 saturated heterocycles. The molecule has 0 aliphatic carbocycles. The van der Waals surface area contributed by atoms with Crippen LogP contribution in [0.3, 0.4) is 0 Å². The van der Waals surface area contributed by atoms with Crippen molar-refractivity contribution in [2.24, 2.45) is 0 Å². The first-order chi connectivity index (χ1) is 13.7. The largest absolute Gasteiger partial charge is 0.449 e. The van der Waals surface area contributed by atoms with Crippen molar-refractivity contribution in [1.82, 2.24) is 14.9 Å². The lowest BCUT2D eigenvalue weighted by molar-refractivity contribution is 0.0210. The van der Waals surface area contributed by atoms with Crippen molar-refractivity contribution >= 4 is 50.0 Å². The van der Waals surface area contributed by atoms with Crippen LogP contribution in [0.2, 0.25) is 0 Å². The summed E-state index contributed by atoms with van der Waals surface area (Å²) in [7, 11) is 0. The minimum absolute atomic E-state index is 0.0965. The zero-order chi connectivity index (χ0) is 20.8. The number of amides is 1. The van der Waals surface area contributed by atoms with Gasteiger partial charge in [-0.15, -0.1) is 0 Å². The fourth-order valence-corrected chi connectivity index (χ4v) is 3.78. The Morgan fingerprint density at radius 1 is 1.34 bits per heavy atom. The van der Waals surface area contributed by atoms with E-state index in [9.17, 15) is 9.59 Å². The Bertz CT molecular complexity index is 1120. The average Bonchev–Trinajstić information content (AvgIpc) is 2.99. The molecule has 3 heterocycles. The number of furan rings is 1. The van der Waals surface area contributed by atoms with Crippen LogP contribution >= 0.6 is 15.9 Å². The Labute approximate surface area is 175 Å². The summed E-state index contributed by atoms with van der Waals surface area (Å²) < 4.78 is 12.0. The van der Waals surface area contributed by atoms with E-state index in [-0.39, 0.29) is 23.3 Å². The number of nitrogens with zero attached hydrogens (tertiary/aromatic N) is 2. The molecular weight excluding hydrogens is 440 g/mol. The lowest BCUT2D eigenvalue weighted by atomic mass is 10.1. The lowest BCUT2D eigenvalue weighted by Crippen LogP contribution is -2.44. The quantitative estimate of drug-likeness (QED) is 0.590. The molecule has 0 atom stereocenters. The van der Waals surface area contributed by atoms with Gasteiger partial charge in [-0.25, -0.2) is 9.78 Å². The second-order valence-electron chi connectivity index (χ2n) is 8.22. The van der Waals surface area contributed by atoms with Gasteiger partial charge in [-0.3, -0.25) is 9.78 Å². The first kappa shape index (κ1) is 19.8. The van der Waals surface area contributed by atoms with E-state index in [0.717, 1.165) is 22.7 Å². The predicted octanol–water partition coefficient (Wildman–Crippen LogP) is 4.24. The number of hydrogen-bond acceptors (Lipinski definition) is 6. The highest BCUT2D eigenvalue weighted by Crippen LogP contribution is 2.28. The normalized spacial score (nSPS) is 15.8. The summed E-state index contributed by atoms with van der Waals surface area (Å²) >= 11 is 3.44. The first-order valence-corrected chi connectivity index (χ1v) is 10.4. The number of hydrogen-bond donors (Lipinski definition) is 2. The van der Waals surface area contributed by atoms with Gasteiger partial charge >= 0.3 is 6.09 Å². The highest BCUT2D eigenvalue weighted by atomic mass is 79.9. The zero-order valence-corrected chi connectivity index (χ0v) is 18.1. The summed E-state index contributed by atoms with van der Waals surface area (Å²) in [6.07, 6.45) is 1.18. The van der Waals surface area contributed by atoms with Crippen LogP contribution in [0.4, 0.5) is 10.7 Å². The molecule has 0 unspecified atom stereocenters. The molecule has 2 N–H and O–H groups in total. The molecule has 0 bridgehead atoms. The van der Waals surface area contributed by atoms with Crippen molar-refractivity contribution in [2.45, 2.75) is 45.3 Å². The Morgan fingerprint density at radius 3 is 2.76 bits per heavy atom. The summed E-state index contributed by atoms with van der Waals surface area (Å²) in [6, 6.07) is 5.65. The van der Waals surface area contributed by atoms with Gasteiger partial charge in [-0.05, 0) is 51.8 Å². The molecule has 154 valence electrons. The monoisotopic (exact) mass is 462 g/mol. The number of halogens is 1. The van der Waals surface area contributed by atoms with Gasteiger partial charge in [0.25, 0.3) is 5.56 Å². The number of nitrogens with one attached hydrogen (secondary N) is 2. The molecule has 1 aliphatic heterocycles. The van der Waals surface area contributed by atoms with Crippen molar-refractivity contribution < 1.29 is 13.9 Å². The van der Waals surface area contributed by atoms with Crippen molar-refractivity contribution in [3.63, 3.8) is 0 Å². The Balaban J connectivity index is 1.49. The lowest BCUT2D eigenvalue weighted by Gasteiger charge is -2.33. The molecule has 2 aromatic heterocycles. The summed E-state index contributed by atoms with van der Waals surface area (Å²) in [4.78, 5) is 33.7. The number of fused-ring (bicyclic) bond motifs is 3.